The molecule has 260 valence electrons. The molecule has 1 saturated carbocycles. The van der Waals surface area contributed by atoms with Crippen LogP contribution in [0.1, 0.15) is 40.5 Å². The molecule has 6 rings (SSSR count). The fourth-order valence-electron chi connectivity index (χ4n) is 8.03. The summed E-state index contributed by atoms with van der Waals surface area (Å²) in [4.78, 5) is 44.4. The van der Waals surface area contributed by atoms with Crippen molar-refractivity contribution in [2.45, 2.75) is 37.5 Å². The molecule has 0 radical (unpaired) electrons. The Labute approximate surface area is 283 Å². The molecule has 3 heterocycles. The van der Waals surface area contributed by atoms with Crippen molar-refractivity contribution in [3.05, 3.63) is 51.2 Å². The number of methoxy groups -OCH3 is 6. The Morgan fingerprint density at radius 3 is 2.23 bits per heavy atom. The van der Waals surface area contributed by atoms with Crippen LogP contribution in [0.15, 0.2) is 24.3 Å². The van der Waals surface area contributed by atoms with Crippen LogP contribution in [0, 0.1) is 27.9 Å². The molecule has 2 fully saturated rings. The maximum Gasteiger partial charge on any atom is 0.338 e. The minimum Gasteiger partial charge on any atom is -0.493 e. The highest BCUT2D eigenvalue weighted by molar-refractivity contribution is 5.95. The molecule has 1 saturated heterocycles. The molecular weight excluding hydrogens is 650 g/mol. The lowest BCUT2D eigenvalue weighted by Gasteiger charge is -2.52. The molecule has 2 aliphatic heterocycles. The van der Waals surface area contributed by atoms with E-state index < -0.39 is 35.0 Å². The van der Waals surface area contributed by atoms with Gasteiger partial charge in [-0.05, 0) is 60.9 Å². The molecule has 14 nitrogen and oxygen atoms in total. The number of rotatable bonds is 9. The zero-order chi connectivity index (χ0) is 33.6. The van der Waals surface area contributed by atoms with Crippen LogP contribution in [0.5, 0.6) is 23.0 Å². The van der Waals surface area contributed by atoms with E-state index in [2.05, 4.69) is 9.88 Å². The number of esters is 2. The van der Waals surface area contributed by atoms with Gasteiger partial charge in [-0.2, -0.15) is 0 Å². The van der Waals surface area contributed by atoms with E-state index in [9.17, 15) is 19.7 Å². The topological polar surface area (TPSA) is 161 Å². The average Bonchev–Trinajstić information content (AvgIpc) is 3.47. The van der Waals surface area contributed by atoms with Crippen molar-refractivity contribution in [1.29, 1.82) is 0 Å². The minimum absolute atomic E-state index is 0. The number of aromatic nitrogens is 1. The first-order valence-corrected chi connectivity index (χ1v) is 15.4. The summed E-state index contributed by atoms with van der Waals surface area (Å²) in [5.74, 6) is -0.804. The highest BCUT2D eigenvalue weighted by atomic mass is 35.5. The molecule has 3 aromatic rings. The lowest BCUT2D eigenvalue weighted by molar-refractivity contribution is -0.384. The van der Waals surface area contributed by atoms with E-state index >= 15 is 0 Å². The van der Waals surface area contributed by atoms with Gasteiger partial charge in [-0.3, -0.25) is 19.8 Å². The van der Waals surface area contributed by atoms with Gasteiger partial charge in [0, 0.05) is 31.3 Å². The number of aromatic amines is 1. The summed E-state index contributed by atoms with van der Waals surface area (Å²) < 4.78 is 38.8. The van der Waals surface area contributed by atoms with E-state index in [0.29, 0.717) is 48.6 Å². The Bertz CT molecular complexity index is 1690. The quantitative estimate of drug-likeness (QED) is 0.191. The van der Waals surface area contributed by atoms with Crippen molar-refractivity contribution in [1.82, 2.24) is 9.88 Å². The lowest BCUT2D eigenvalue weighted by atomic mass is 9.63. The first-order valence-electron chi connectivity index (χ1n) is 15.4. The molecule has 15 heteroatoms. The Morgan fingerprint density at radius 1 is 0.958 bits per heavy atom. The smallest absolute Gasteiger partial charge is 0.338 e. The number of hydrogen-bond acceptors (Lipinski definition) is 12. The predicted molar refractivity (Wildman–Crippen MR) is 175 cm³/mol. The first-order chi connectivity index (χ1) is 22.7. The monoisotopic (exact) mass is 689 g/mol. The van der Waals surface area contributed by atoms with Crippen LogP contribution in [-0.2, 0) is 25.4 Å². The molecule has 1 aliphatic carbocycles. The Hall–Kier alpha value is -4.27. The van der Waals surface area contributed by atoms with E-state index in [1.54, 1.807) is 6.07 Å². The number of benzene rings is 2. The molecule has 6 atom stereocenters. The molecule has 0 spiro atoms. The van der Waals surface area contributed by atoms with Crippen molar-refractivity contribution in [3.63, 3.8) is 0 Å². The van der Waals surface area contributed by atoms with E-state index in [0.717, 1.165) is 23.2 Å². The van der Waals surface area contributed by atoms with Crippen LogP contribution in [-0.4, -0.2) is 94.7 Å². The van der Waals surface area contributed by atoms with Crippen LogP contribution >= 0.6 is 12.4 Å². The number of piperidine rings is 1. The third kappa shape index (κ3) is 5.75. The van der Waals surface area contributed by atoms with Gasteiger partial charge < -0.3 is 38.1 Å². The summed E-state index contributed by atoms with van der Waals surface area (Å²) >= 11 is 0. The minimum atomic E-state index is -0.766. The fraction of sp³-hybridized carbons (Fsp3) is 0.515. The second-order valence-electron chi connectivity index (χ2n) is 12.1. The maximum atomic E-state index is 13.6. The predicted octanol–water partition coefficient (Wildman–Crippen LogP) is 4.50. The van der Waals surface area contributed by atoms with Gasteiger partial charge in [0.1, 0.15) is 17.7 Å². The highest BCUT2D eigenvalue weighted by Gasteiger charge is 2.54. The summed E-state index contributed by atoms with van der Waals surface area (Å²) in [7, 11) is 8.65. The van der Waals surface area contributed by atoms with Gasteiger partial charge in [0.25, 0.3) is 0 Å². The lowest BCUT2D eigenvalue weighted by Crippen LogP contribution is -2.58. The third-order valence-corrected chi connectivity index (χ3v) is 10.1. The van der Waals surface area contributed by atoms with Gasteiger partial charge in [-0.25, -0.2) is 4.79 Å². The van der Waals surface area contributed by atoms with Gasteiger partial charge in [-0.1, -0.05) is 0 Å². The molecule has 0 bridgehead atoms. The summed E-state index contributed by atoms with van der Waals surface area (Å²) in [6.45, 7) is 1.37. The van der Waals surface area contributed by atoms with Crippen molar-refractivity contribution in [2.24, 2.45) is 17.8 Å². The SMILES string of the molecule is COC(=O)C1C2CC3c4[nH]c5c([N+](=O)[O-])c(OC)ccc5c4CCN3CC2CC(OC(=O)c2cc(OC)c(OC)c(OC)c2)C1OC.Cl. The molecule has 2 aromatic carbocycles. The maximum absolute atomic E-state index is 13.6. The number of carbonyl (C=O) groups excluding carboxylic acids is 2. The average molecular weight is 690 g/mol. The van der Waals surface area contributed by atoms with Crippen LogP contribution in [0.3, 0.4) is 0 Å². The third-order valence-electron chi connectivity index (χ3n) is 10.1. The molecule has 1 aromatic heterocycles. The number of halogens is 1. The zero-order valence-corrected chi connectivity index (χ0v) is 28.4. The van der Waals surface area contributed by atoms with Gasteiger partial charge in [0.2, 0.25) is 5.75 Å². The second kappa shape index (κ2) is 14.1. The summed E-state index contributed by atoms with van der Waals surface area (Å²) in [5, 5.41) is 12.9. The van der Waals surface area contributed by atoms with Crippen molar-refractivity contribution in [3.8, 4) is 23.0 Å². The number of ether oxygens (including phenoxy) is 7. The Balaban J connectivity index is 0.00000451. The molecule has 48 heavy (non-hydrogen) atoms. The standard InChI is InChI=1S/C33H39N3O11.ClH/c1-41-22-8-7-18-19-9-10-35-15-17-13-25(47-32(37)16-11-23(42-2)30(44-4)24(12-16)43-3)31(45-5)26(33(38)46-6)20(17)14-21(35)27(19)34-28(18)29(22)36(39)40;/h7-8,11-12,17,20-21,25-26,31,34H,9-10,13-15H2,1-6H3;1H. The largest absolute Gasteiger partial charge is 0.493 e. The first kappa shape index (κ1) is 35.0. The second-order valence-corrected chi connectivity index (χ2v) is 12.1. The number of hydrogen-bond donors (Lipinski definition) is 1. The number of H-pyrrole nitrogens is 1. The van der Waals surface area contributed by atoms with Crippen molar-refractivity contribution in [2.75, 3.05) is 55.7 Å². The van der Waals surface area contributed by atoms with Crippen LogP contribution < -0.4 is 18.9 Å². The van der Waals surface area contributed by atoms with Gasteiger partial charge in [-0.15, -0.1) is 12.4 Å². The number of fused-ring (bicyclic) bond motifs is 6. The van der Waals surface area contributed by atoms with Crippen molar-refractivity contribution < 1.29 is 47.7 Å². The molecule has 1 N–H and O–H groups in total. The number of nitro groups is 1. The van der Waals surface area contributed by atoms with Gasteiger partial charge in [0.15, 0.2) is 17.2 Å². The van der Waals surface area contributed by atoms with E-state index in [4.69, 9.17) is 33.2 Å². The number of nitrogens with one attached hydrogen (secondary N) is 1. The highest BCUT2D eigenvalue weighted by Crippen LogP contribution is 2.51. The van der Waals surface area contributed by atoms with E-state index in [-0.39, 0.29) is 47.3 Å². The summed E-state index contributed by atoms with van der Waals surface area (Å²) in [6, 6.07) is 6.43. The van der Waals surface area contributed by atoms with Crippen LogP contribution in [0.25, 0.3) is 10.9 Å². The molecule has 0 amide bonds. The Kier molecular flexibility index (Phi) is 10.3. The Morgan fingerprint density at radius 2 is 1.65 bits per heavy atom. The summed E-state index contributed by atoms with van der Waals surface area (Å²) in [6.07, 6.45) is 0.253. The van der Waals surface area contributed by atoms with E-state index in [1.807, 2.05) is 6.07 Å². The summed E-state index contributed by atoms with van der Waals surface area (Å²) in [5.41, 5.74) is 2.49. The van der Waals surface area contributed by atoms with Crippen LogP contribution in [0.2, 0.25) is 0 Å². The van der Waals surface area contributed by atoms with Gasteiger partial charge >= 0.3 is 17.6 Å². The number of nitrogens with zero attached hydrogens (tertiary/aromatic N) is 2. The number of nitro benzene ring substituents is 1. The normalized spacial score (nSPS) is 24.6. The molecule has 3 aliphatic rings. The molecular formula is C33H40ClN3O11. The zero-order valence-electron chi connectivity index (χ0n) is 27.6. The fourth-order valence-corrected chi connectivity index (χ4v) is 8.03. The van der Waals surface area contributed by atoms with Crippen LogP contribution in [0.4, 0.5) is 5.69 Å². The number of carbonyl (C=O) groups is 2. The van der Waals surface area contributed by atoms with Gasteiger partial charge in [0.05, 0.1) is 58.0 Å². The molecule has 6 unspecified atom stereocenters. The van der Waals surface area contributed by atoms with Crippen molar-refractivity contribution >= 4 is 40.9 Å². The van der Waals surface area contributed by atoms with E-state index in [1.165, 1.54) is 54.8 Å².